The van der Waals surface area contributed by atoms with Gasteiger partial charge in [0.1, 0.15) is 17.3 Å². The average Bonchev–Trinajstić information content (AvgIpc) is 3.29. The van der Waals surface area contributed by atoms with Crippen molar-refractivity contribution >= 4 is 23.5 Å². The molecule has 7 heteroatoms. The number of esters is 1. The molecule has 1 spiro atoms. The second-order valence-corrected chi connectivity index (χ2v) is 11.8. The predicted octanol–water partition coefficient (Wildman–Crippen LogP) is 5.94. The molecule has 1 heterocycles. The standard InChI is InChI=1S/C38H38N2O5/c1-44-30-17-10-16-29(24-30)25-35(42)45-33-20-11-23-38(36(33)39-34(41)22-21-27-12-4-2-5-13-27)31-18-8-9-19-32(31)40(37(38)43)26-28-14-6-3-7-15-28/h2-10,12-19,24,33,36H,11,20-23,25-26H2,1H3,(H,39,41)/t33-,36+,38+/m1/s1. The van der Waals surface area contributed by atoms with Crippen LogP contribution < -0.4 is 15.0 Å². The summed E-state index contributed by atoms with van der Waals surface area (Å²) in [5.41, 5.74) is 3.48. The van der Waals surface area contributed by atoms with Gasteiger partial charge in [0, 0.05) is 12.1 Å². The van der Waals surface area contributed by atoms with Crippen LogP contribution in [0.25, 0.3) is 0 Å². The molecule has 1 saturated carbocycles. The first-order valence-corrected chi connectivity index (χ1v) is 15.6. The maximum atomic E-state index is 14.7. The van der Waals surface area contributed by atoms with Crippen molar-refractivity contribution in [3.8, 4) is 5.75 Å². The van der Waals surface area contributed by atoms with Crippen molar-refractivity contribution in [1.82, 2.24) is 5.32 Å². The van der Waals surface area contributed by atoms with Crippen LogP contribution in [0.4, 0.5) is 5.69 Å². The summed E-state index contributed by atoms with van der Waals surface area (Å²) in [6, 6.07) is 34.2. The van der Waals surface area contributed by atoms with Crippen LogP contribution in [0.3, 0.4) is 0 Å². The Morgan fingerprint density at radius 1 is 0.867 bits per heavy atom. The first-order chi connectivity index (χ1) is 22.0. The lowest BCUT2D eigenvalue weighted by atomic mass is 9.65. The van der Waals surface area contributed by atoms with E-state index in [-0.39, 0.29) is 24.7 Å². The fourth-order valence-corrected chi connectivity index (χ4v) is 6.89. The highest BCUT2D eigenvalue weighted by atomic mass is 16.5. The second-order valence-electron chi connectivity index (χ2n) is 11.8. The van der Waals surface area contributed by atoms with Gasteiger partial charge in [-0.25, -0.2) is 0 Å². The van der Waals surface area contributed by atoms with E-state index in [1.165, 1.54) is 0 Å². The first kappa shape index (κ1) is 30.1. The smallest absolute Gasteiger partial charge is 0.310 e. The van der Waals surface area contributed by atoms with Crippen LogP contribution in [0.15, 0.2) is 109 Å². The monoisotopic (exact) mass is 602 g/mol. The summed E-state index contributed by atoms with van der Waals surface area (Å²) in [6.07, 6.45) is 1.96. The maximum Gasteiger partial charge on any atom is 0.310 e. The summed E-state index contributed by atoms with van der Waals surface area (Å²) in [6.45, 7) is 0.410. The van der Waals surface area contributed by atoms with Gasteiger partial charge < -0.3 is 19.7 Å². The lowest BCUT2D eigenvalue weighted by Gasteiger charge is -2.44. The number of ether oxygens (including phenoxy) is 2. The number of carbonyl (C=O) groups excluding carboxylic acids is 3. The minimum absolute atomic E-state index is 0.0556. The van der Waals surface area contributed by atoms with Gasteiger partial charge in [-0.3, -0.25) is 14.4 Å². The quantitative estimate of drug-likeness (QED) is 0.227. The lowest BCUT2D eigenvalue weighted by Crippen LogP contribution is -2.63. The molecule has 1 aliphatic carbocycles. The van der Waals surface area contributed by atoms with E-state index in [1.807, 2.05) is 114 Å². The molecular formula is C38H38N2O5. The third kappa shape index (κ3) is 6.34. The molecule has 1 N–H and O–H groups in total. The highest BCUT2D eigenvalue weighted by molar-refractivity contribution is 6.09. The van der Waals surface area contributed by atoms with Crippen molar-refractivity contribution in [2.24, 2.45) is 0 Å². The van der Waals surface area contributed by atoms with Gasteiger partial charge in [0.05, 0.1) is 26.1 Å². The Kier molecular flexibility index (Phi) is 8.96. The van der Waals surface area contributed by atoms with Crippen molar-refractivity contribution in [2.45, 2.75) is 62.6 Å². The Morgan fingerprint density at radius 3 is 2.31 bits per heavy atom. The summed E-state index contributed by atoms with van der Waals surface area (Å²) < 4.78 is 11.5. The molecule has 230 valence electrons. The van der Waals surface area contributed by atoms with Crippen LogP contribution in [0, 0.1) is 0 Å². The number of carbonyl (C=O) groups is 3. The van der Waals surface area contributed by atoms with E-state index in [9.17, 15) is 14.4 Å². The zero-order valence-electron chi connectivity index (χ0n) is 25.5. The number of anilines is 1. The zero-order chi connectivity index (χ0) is 31.2. The van der Waals surface area contributed by atoms with Crippen LogP contribution in [0.2, 0.25) is 0 Å². The van der Waals surface area contributed by atoms with Crippen molar-refractivity contribution in [3.63, 3.8) is 0 Å². The molecule has 6 rings (SSSR count). The molecule has 2 aliphatic rings. The molecule has 4 aromatic carbocycles. The van der Waals surface area contributed by atoms with E-state index in [0.29, 0.717) is 38.0 Å². The van der Waals surface area contributed by atoms with Gasteiger partial charge in [-0.15, -0.1) is 0 Å². The highest BCUT2D eigenvalue weighted by Crippen LogP contribution is 2.51. The minimum atomic E-state index is -1.06. The second kappa shape index (κ2) is 13.4. The molecule has 1 fully saturated rings. The number of fused-ring (bicyclic) bond motifs is 2. The van der Waals surface area contributed by atoms with E-state index in [2.05, 4.69) is 5.32 Å². The third-order valence-corrected chi connectivity index (χ3v) is 9.01. The predicted molar refractivity (Wildman–Crippen MR) is 173 cm³/mol. The zero-order valence-corrected chi connectivity index (χ0v) is 25.5. The fraction of sp³-hybridized carbons (Fsp3) is 0.289. The van der Waals surface area contributed by atoms with Gasteiger partial charge in [-0.1, -0.05) is 91.0 Å². The molecule has 4 aromatic rings. The highest BCUT2D eigenvalue weighted by Gasteiger charge is 2.60. The maximum absolute atomic E-state index is 14.7. The van der Waals surface area contributed by atoms with Crippen LogP contribution in [-0.2, 0) is 43.9 Å². The van der Waals surface area contributed by atoms with Gasteiger partial charge in [0.25, 0.3) is 0 Å². The molecule has 0 saturated heterocycles. The Labute approximate surface area is 264 Å². The minimum Gasteiger partial charge on any atom is -0.497 e. The summed E-state index contributed by atoms with van der Waals surface area (Å²) in [5.74, 6) is 0.000993. The molecule has 0 radical (unpaired) electrons. The van der Waals surface area contributed by atoms with Crippen molar-refractivity contribution < 1.29 is 23.9 Å². The Bertz CT molecular complexity index is 1660. The number of nitrogens with one attached hydrogen (secondary N) is 1. The van der Waals surface area contributed by atoms with Crippen molar-refractivity contribution in [3.05, 3.63) is 131 Å². The van der Waals surface area contributed by atoms with Crippen molar-refractivity contribution in [2.75, 3.05) is 12.0 Å². The summed E-state index contributed by atoms with van der Waals surface area (Å²) in [5, 5.41) is 3.23. The molecule has 45 heavy (non-hydrogen) atoms. The Morgan fingerprint density at radius 2 is 1.56 bits per heavy atom. The van der Waals surface area contributed by atoms with Gasteiger partial charge in [0.2, 0.25) is 11.8 Å². The fourth-order valence-electron chi connectivity index (χ4n) is 6.89. The lowest BCUT2D eigenvalue weighted by molar-refractivity contribution is -0.156. The molecular weight excluding hydrogens is 564 g/mol. The number of hydrogen-bond donors (Lipinski definition) is 1. The van der Waals surface area contributed by atoms with Gasteiger partial charge >= 0.3 is 5.97 Å². The van der Waals surface area contributed by atoms with Gasteiger partial charge in [-0.2, -0.15) is 0 Å². The molecule has 7 nitrogen and oxygen atoms in total. The molecule has 2 amide bonds. The van der Waals surface area contributed by atoms with Crippen LogP contribution in [-0.4, -0.2) is 37.0 Å². The molecule has 0 unspecified atom stereocenters. The van der Waals surface area contributed by atoms with E-state index in [4.69, 9.17) is 9.47 Å². The number of rotatable bonds is 10. The number of benzene rings is 4. The van der Waals surface area contributed by atoms with Crippen LogP contribution >= 0.6 is 0 Å². The van der Waals surface area contributed by atoms with Crippen molar-refractivity contribution in [1.29, 1.82) is 0 Å². The normalized spacial score (nSPS) is 20.5. The summed E-state index contributed by atoms with van der Waals surface area (Å²) >= 11 is 0. The number of methoxy groups -OCH3 is 1. The molecule has 1 aliphatic heterocycles. The molecule has 0 bridgehead atoms. The van der Waals surface area contributed by atoms with E-state index in [1.54, 1.807) is 7.11 Å². The van der Waals surface area contributed by atoms with Crippen LogP contribution in [0.5, 0.6) is 5.75 Å². The number of nitrogens with zero attached hydrogens (tertiary/aromatic N) is 1. The Balaban J connectivity index is 1.32. The SMILES string of the molecule is COc1cccc(CC(=O)O[C@@H]2CCC[C@@]3(C(=O)N(Cc4ccccc4)c4ccccc43)[C@H]2NC(=O)CCc2ccccc2)c1. The van der Waals surface area contributed by atoms with Gasteiger partial charge in [-0.05, 0) is 66.1 Å². The topological polar surface area (TPSA) is 84.9 Å². The number of para-hydroxylation sites is 1. The average molecular weight is 603 g/mol. The molecule has 0 aromatic heterocycles. The third-order valence-electron chi connectivity index (χ3n) is 9.01. The molecule has 3 atom stereocenters. The number of aryl methyl sites for hydroxylation is 1. The van der Waals surface area contributed by atoms with Gasteiger partial charge in [0.15, 0.2) is 0 Å². The first-order valence-electron chi connectivity index (χ1n) is 15.6. The number of amides is 2. The van der Waals surface area contributed by atoms with E-state index >= 15 is 0 Å². The summed E-state index contributed by atoms with van der Waals surface area (Å²) in [4.78, 5) is 43.6. The number of hydrogen-bond acceptors (Lipinski definition) is 5. The van der Waals surface area contributed by atoms with Crippen LogP contribution in [0.1, 0.15) is 47.9 Å². The van der Waals surface area contributed by atoms with E-state index in [0.717, 1.165) is 27.9 Å². The Hall–Kier alpha value is -4.91. The van der Waals surface area contributed by atoms with E-state index < -0.39 is 23.5 Å². The summed E-state index contributed by atoms with van der Waals surface area (Å²) in [7, 11) is 1.58. The largest absolute Gasteiger partial charge is 0.497 e.